The van der Waals surface area contributed by atoms with E-state index in [0.717, 1.165) is 34.3 Å². The number of nitrogens with zero attached hydrogens (tertiary/aromatic N) is 4. The lowest BCUT2D eigenvalue weighted by Gasteiger charge is -2.74. The molecule has 2 aromatic carbocycles. The molecule has 0 spiro atoms. The monoisotopic (exact) mass is 489 g/mol. The Morgan fingerprint density at radius 2 is 1.66 bits per heavy atom. The van der Waals surface area contributed by atoms with E-state index in [-0.39, 0.29) is 19.3 Å². The van der Waals surface area contributed by atoms with E-state index in [1.54, 1.807) is 0 Å². The number of halogens is 4. The number of hydrogen-bond donors (Lipinski definition) is 3. The Morgan fingerprint density at radius 3 is 2.20 bits per heavy atom. The number of tetrazole rings is 1. The van der Waals surface area contributed by atoms with E-state index in [2.05, 4.69) is 20.8 Å². The molecule has 1 unspecified atom stereocenters. The van der Waals surface area contributed by atoms with Crippen LogP contribution in [0.15, 0.2) is 48.8 Å². The van der Waals surface area contributed by atoms with Gasteiger partial charge in [-0.05, 0) is 58.4 Å². The Bertz CT molecular complexity index is 1260. The lowest BCUT2D eigenvalue weighted by Crippen LogP contribution is -2.76. The first-order chi connectivity index (χ1) is 16.5. The van der Waals surface area contributed by atoms with Crippen LogP contribution in [-0.4, -0.2) is 49.4 Å². The number of nitrogens with one attached hydrogen (secondary N) is 1. The van der Waals surface area contributed by atoms with Crippen LogP contribution in [0.1, 0.15) is 36.0 Å². The van der Waals surface area contributed by atoms with E-state index < -0.39 is 51.7 Å². The van der Waals surface area contributed by atoms with Gasteiger partial charge in [-0.15, -0.1) is 5.10 Å². The first kappa shape index (κ1) is 22.6. The molecule has 7 rings (SSSR count). The summed E-state index contributed by atoms with van der Waals surface area (Å²) in [6.45, 7) is 0.130. The third-order valence-electron chi connectivity index (χ3n) is 8.24. The van der Waals surface area contributed by atoms with Gasteiger partial charge in [0.15, 0.2) is 5.60 Å². The van der Waals surface area contributed by atoms with Crippen LogP contribution >= 0.6 is 0 Å². The van der Waals surface area contributed by atoms with E-state index in [1.165, 1.54) is 0 Å². The summed E-state index contributed by atoms with van der Waals surface area (Å²) < 4.78 is 61.6. The number of rotatable bonds is 7. The molecule has 1 aromatic heterocycles. The van der Waals surface area contributed by atoms with Crippen LogP contribution in [0.25, 0.3) is 0 Å². The van der Waals surface area contributed by atoms with Gasteiger partial charge in [-0.3, -0.25) is 0 Å². The highest BCUT2D eigenvalue weighted by Gasteiger charge is 2.82. The van der Waals surface area contributed by atoms with Crippen LogP contribution < -0.4 is 5.32 Å². The second kappa shape index (κ2) is 7.08. The predicted molar refractivity (Wildman–Crippen MR) is 114 cm³/mol. The van der Waals surface area contributed by atoms with Gasteiger partial charge in [-0.2, -0.15) is 0 Å². The van der Waals surface area contributed by atoms with Crippen molar-refractivity contribution in [1.29, 1.82) is 0 Å². The number of β-amino-alcohol motifs (C(OH)–C–C–N with tert-alkyl or cyclic N) is 1. The first-order valence-electron chi connectivity index (χ1n) is 11.3. The van der Waals surface area contributed by atoms with Crippen molar-refractivity contribution in [2.24, 2.45) is 5.41 Å². The van der Waals surface area contributed by atoms with E-state index >= 15 is 8.78 Å². The van der Waals surface area contributed by atoms with Gasteiger partial charge in [-0.1, -0.05) is 24.3 Å². The van der Waals surface area contributed by atoms with Crippen molar-refractivity contribution in [3.05, 3.63) is 77.1 Å². The van der Waals surface area contributed by atoms with Crippen LogP contribution in [-0.2, 0) is 23.2 Å². The molecule has 7 nitrogen and oxygen atoms in total. The quantitative estimate of drug-likeness (QED) is 0.441. The van der Waals surface area contributed by atoms with Crippen LogP contribution in [0, 0.1) is 17.0 Å². The van der Waals surface area contributed by atoms with Gasteiger partial charge in [0.2, 0.25) is 0 Å². The molecule has 1 saturated heterocycles. The Labute approximate surface area is 197 Å². The zero-order valence-electron chi connectivity index (χ0n) is 18.6. The molecule has 1 atom stereocenters. The number of alkyl halides is 2. The summed E-state index contributed by atoms with van der Waals surface area (Å²) in [5, 5.41) is 35.3. The molecule has 11 heteroatoms. The normalized spacial score (nSPS) is 28.4. The molecule has 1 aliphatic heterocycles. The van der Waals surface area contributed by atoms with Crippen molar-refractivity contribution >= 4 is 0 Å². The fraction of sp³-hybridized carbons (Fsp3) is 0.458. The number of aromatic nitrogens is 4. The highest BCUT2D eigenvalue weighted by Crippen LogP contribution is 2.80. The molecule has 0 amide bonds. The lowest BCUT2D eigenvalue weighted by atomic mass is 9.30. The Hall–Kier alpha value is -2.89. The van der Waals surface area contributed by atoms with Gasteiger partial charge in [0.25, 0.3) is 5.92 Å². The minimum absolute atomic E-state index is 0.110. The standard InChI is InChI=1S/C24H23F4N5O2/c25-17-5-6-18(19(26)7-17)23(35,13-33-14-30-31-32-33)24(27,28)21-8-20(9-21,10-21)15-1-3-16(4-2-15)22(34)11-29-12-22/h1-7,14,29,34-35H,8-13H2. The van der Waals surface area contributed by atoms with Crippen molar-refractivity contribution < 1.29 is 27.8 Å². The fourth-order valence-electron chi connectivity index (χ4n) is 6.23. The largest absolute Gasteiger partial charge is 0.382 e. The number of aliphatic hydroxyl groups is 2. The summed E-state index contributed by atoms with van der Waals surface area (Å²) in [5.74, 6) is -5.96. The maximum Gasteiger partial charge on any atom is 0.287 e. The van der Waals surface area contributed by atoms with E-state index in [9.17, 15) is 19.0 Å². The molecule has 4 fully saturated rings. The van der Waals surface area contributed by atoms with E-state index in [0.29, 0.717) is 19.2 Å². The van der Waals surface area contributed by atoms with Crippen LogP contribution in [0.3, 0.4) is 0 Å². The molecule has 3 aromatic rings. The topological polar surface area (TPSA) is 96.1 Å². The second-order valence-electron chi connectivity index (χ2n) is 10.4. The van der Waals surface area contributed by atoms with Gasteiger partial charge < -0.3 is 15.5 Å². The fourth-order valence-corrected chi connectivity index (χ4v) is 6.23. The van der Waals surface area contributed by atoms with E-state index in [1.807, 2.05) is 24.3 Å². The lowest BCUT2D eigenvalue weighted by molar-refractivity contribution is -0.347. The summed E-state index contributed by atoms with van der Waals surface area (Å²) in [6.07, 6.45) is 1.38. The summed E-state index contributed by atoms with van der Waals surface area (Å²) in [7, 11) is 0. The van der Waals surface area contributed by atoms with Crippen molar-refractivity contribution in [2.75, 3.05) is 13.1 Å². The molecule has 3 N–H and O–H groups in total. The van der Waals surface area contributed by atoms with E-state index in [4.69, 9.17) is 0 Å². The average Bonchev–Trinajstić information content (AvgIpc) is 3.23. The highest BCUT2D eigenvalue weighted by atomic mass is 19.3. The molecule has 3 aliphatic carbocycles. The minimum atomic E-state index is -3.76. The van der Waals surface area contributed by atoms with Crippen molar-refractivity contribution in [1.82, 2.24) is 25.5 Å². The molecule has 184 valence electrons. The number of benzene rings is 2. The highest BCUT2D eigenvalue weighted by molar-refractivity contribution is 5.44. The van der Waals surface area contributed by atoms with Crippen LogP contribution in [0.2, 0.25) is 0 Å². The van der Waals surface area contributed by atoms with Gasteiger partial charge >= 0.3 is 0 Å². The van der Waals surface area contributed by atoms with Crippen LogP contribution in [0.4, 0.5) is 17.6 Å². The molecule has 2 bridgehead atoms. The summed E-state index contributed by atoms with van der Waals surface area (Å²) in [4.78, 5) is 0. The van der Waals surface area contributed by atoms with Crippen molar-refractivity contribution in [3.63, 3.8) is 0 Å². The summed E-state index contributed by atoms with van der Waals surface area (Å²) in [5.41, 5.74) is -4.95. The average molecular weight is 489 g/mol. The molecule has 2 heterocycles. The SMILES string of the molecule is OC1(c2ccc(C34CC(C(F)(F)C(O)(Cn5cnnn5)c5ccc(F)cc5F)(C3)C4)cc2)CNC1. The zero-order chi connectivity index (χ0) is 24.7. The van der Waals surface area contributed by atoms with Crippen LogP contribution in [0.5, 0.6) is 0 Å². The summed E-state index contributed by atoms with van der Waals surface area (Å²) >= 11 is 0. The second-order valence-corrected chi connectivity index (χ2v) is 10.4. The van der Waals surface area contributed by atoms with Gasteiger partial charge in [0.05, 0.1) is 6.54 Å². The minimum Gasteiger partial charge on any atom is -0.382 e. The Balaban J connectivity index is 1.30. The van der Waals surface area contributed by atoms with Crippen molar-refractivity contribution in [2.45, 2.75) is 48.3 Å². The van der Waals surface area contributed by atoms with Gasteiger partial charge in [0, 0.05) is 30.1 Å². The third kappa shape index (κ3) is 2.98. The molecule has 35 heavy (non-hydrogen) atoms. The molecular weight excluding hydrogens is 466 g/mol. The smallest absolute Gasteiger partial charge is 0.287 e. The Morgan fingerprint density at radius 1 is 1.00 bits per heavy atom. The van der Waals surface area contributed by atoms with Gasteiger partial charge in [0.1, 0.15) is 23.6 Å². The Kier molecular flexibility index (Phi) is 4.57. The third-order valence-corrected chi connectivity index (χ3v) is 8.24. The molecule has 3 saturated carbocycles. The summed E-state index contributed by atoms with van der Waals surface area (Å²) in [6, 6.07) is 9.54. The maximum atomic E-state index is 16.2. The molecule has 4 aliphatic rings. The number of hydrogen-bond acceptors (Lipinski definition) is 6. The maximum absolute atomic E-state index is 16.2. The van der Waals surface area contributed by atoms with Gasteiger partial charge in [-0.25, -0.2) is 22.2 Å². The zero-order valence-corrected chi connectivity index (χ0v) is 18.6. The molecule has 0 radical (unpaired) electrons. The molecular formula is C24H23F4N5O2. The van der Waals surface area contributed by atoms with Crippen molar-refractivity contribution in [3.8, 4) is 0 Å². The predicted octanol–water partition coefficient (Wildman–Crippen LogP) is 2.39. The first-order valence-corrected chi connectivity index (χ1v) is 11.3.